The van der Waals surface area contributed by atoms with Crippen molar-refractivity contribution in [1.82, 2.24) is 14.6 Å². The van der Waals surface area contributed by atoms with Gasteiger partial charge in [-0.15, -0.1) is 5.10 Å². The second-order valence-corrected chi connectivity index (χ2v) is 3.43. The number of anilines is 1. The van der Waals surface area contributed by atoms with E-state index < -0.39 is 0 Å². The Hall–Kier alpha value is -1.10. The van der Waals surface area contributed by atoms with E-state index in [1.807, 2.05) is 33.0 Å². The van der Waals surface area contributed by atoms with E-state index in [9.17, 15) is 0 Å². The molecule has 0 aliphatic rings. The topological polar surface area (TPSA) is 56.2 Å². The van der Waals surface area contributed by atoms with Gasteiger partial charge in [0.1, 0.15) is 0 Å². The summed E-state index contributed by atoms with van der Waals surface area (Å²) in [6.45, 7) is 5.99. The van der Waals surface area contributed by atoms with Crippen molar-refractivity contribution in [1.29, 1.82) is 0 Å². The van der Waals surface area contributed by atoms with Gasteiger partial charge < -0.3 is 5.73 Å². The number of hydrogen-bond donors (Lipinski definition) is 1. The van der Waals surface area contributed by atoms with Crippen LogP contribution in [0.25, 0.3) is 5.65 Å². The van der Waals surface area contributed by atoms with Gasteiger partial charge >= 0.3 is 0 Å². The highest BCUT2D eigenvalue weighted by atomic mass is 79.9. The number of halogens is 1. The molecule has 2 aromatic rings. The van der Waals surface area contributed by atoms with E-state index in [4.69, 9.17) is 5.73 Å². The highest BCUT2D eigenvalue weighted by molar-refractivity contribution is 9.10. The van der Waals surface area contributed by atoms with Crippen LogP contribution in [-0.2, 0) is 0 Å². The summed E-state index contributed by atoms with van der Waals surface area (Å²) in [5.74, 6) is 0.299. The van der Waals surface area contributed by atoms with E-state index in [0.717, 1.165) is 15.7 Å². The highest BCUT2D eigenvalue weighted by Gasteiger charge is 2.02. The zero-order valence-corrected chi connectivity index (χ0v) is 10.0. The van der Waals surface area contributed by atoms with Gasteiger partial charge in [0.15, 0.2) is 5.65 Å². The molecule has 4 nitrogen and oxygen atoms in total. The first kappa shape index (κ1) is 11.0. The summed E-state index contributed by atoms with van der Waals surface area (Å²) in [6, 6.07) is 1.92. The molecule has 0 radical (unpaired) electrons. The van der Waals surface area contributed by atoms with Crippen molar-refractivity contribution >= 4 is 27.5 Å². The van der Waals surface area contributed by atoms with Gasteiger partial charge in [-0.05, 0) is 34.5 Å². The van der Waals surface area contributed by atoms with E-state index in [0.29, 0.717) is 5.95 Å². The molecule has 76 valence electrons. The molecule has 0 saturated heterocycles. The lowest BCUT2D eigenvalue weighted by Crippen LogP contribution is -1.90. The average molecular weight is 257 g/mol. The predicted molar refractivity (Wildman–Crippen MR) is 61.2 cm³/mol. The quantitative estimate of drug-likeness (QED) is 0.788. The second kappa shape index (κ2) is 4.41. The third-order valence-corrected chi connectivity index (χ3v) is 2.46. The first-order chi connectivity index (χ1) is 6.66. The molecule has 0 fully saturated rings. The number of nitrogens with two attached hydrogens (primary N) is 1. The molecule has 0 atom stereocenters. The molecule has 14 heavy (non-hydrogen) atoms. The molecule has 2 aromatic heterocycles. The largest absolute Gasteiger partial charge is 0.366 e. The van der Waals surface area contributed by atoms with Crippen LogP contribution in [0.2, 0.25) is 0 Å². The Morgan fingerprint density at radius 2 is 2.07 bits per heavy atom. The molecule has 0 unspecified atom stereocenters. The normalized spacial score (nSPS) is 9.71. The van der Waals surface area contributed by atoms with Crippen molar-refractivity contribution in [2.24, 2.45) is 0 Å². The fraction of sp³-hybridized carbons (Fsp3) is 0.333. The number of aryl methyl sites for hydroxylation is 1. The molecular formula is C9H13BrN4. The standard InChI is InChI=1S/C7H7BrN4.C2H6/c1-4-2-6-10-7(9)11-12(6)3-5(4)8;1-2/h2-3H,1H3,(H2,9,11);1-2H3. The van der Waals surface area contributed by atoms with Crippen LogP contribution in [0.4, 0.5) is 5.95 Å². The lowest BCUT2D eigenvalue weighted by molar-refractivity contribution is 0.958. The SMILES string of the molecule is CC.Cc1cc2nc(N)nn2cc1Br. The first-order valence-corrected chi connectivity index (χ1v) is 5.24. The predicted octanol–water partition coefficient (Wildman–Crippen LogP) is 2.41. The zero-order chi connectivity index (χ0) is 10.7. The fourth-order valence-corrected chi connectivity index (χ4v) is 1.33. The molecule has 0 aromatic carbocycles. The number of rotatable bonds is 0. The van der Waals surface area contributed by atoms with Crippen LogP contribution >= 0.6 is 15.9 Å². The van der Waals surface area contributed by atoms with Crippen molar-refractivity contribution in [2.45, 2.75) is 20.8 Å². The second-order valence-electron chi connectivity index (χ2n) is 2.58. The number of pyridine rings is 1. The minimum Gasteiger partial charge on any atom is -0.366 e. The minimum atomic E-state index is 0.299. The molecular weight excluding hydrogens is 244 g/mol. The highest BCUT2D eigenvalue weighted by Crippen LogP contribution is 2.16. The lowest BCUT2D eigenvalue weighted by atomic mass is 10.3. The number of hydrogen-bond acceptors (Lipinski definition) is 3. The van der Waals surface area contributed by atoms with Crippen LogP contribution < -0.4 is 5.73 Å². The van der Waals surface area contributed by atoms with Gasteiger partial charge in [-0.2, -0.15) is 4.98 Å². The van der Waals surface area contributed by atoms with E-state index in [2.05, 4.69) is 26.0 Å². The third kappa shape index (κ3) is 2.04. The molecule has 2 rings (SSSR count). The van der Waals surface area contributed by atoms with Crippen molar-refractivity contribution in [3.63, 3.8) is 0 Å². The van der Waals surface area contributed by atoms with Crippen molar-refractivity contribution in [3.8, 4) is 0 Å². The van der Waals surface area contributed by atoms with Crippen LogP contribution in [0.3, 0.4) is 0 Å². The Bertz CT molecular complexity index is 397. The average Bonchev–Trinajstić information content (AvgIpc) is 2.49. The van der Waals surface area contributed by atoms with Crippen LogP contribution in [0.5, 0.6) is 0 Å². The molecule has 0 bridgehead atoms. The molecule has 2 N–H and O–H groups in total. The Balaban J connectivity index is 0.000000461. The summed E-state index contributed by atoms with van der Waals surface area (Å²) >= 11 is 3.40. The monoisotopic (exact) mass is 256 g/mol. The van der Waals surface area contributed by atoms with Crippen molar-refractivity contribution in [2.75, 3.05) is 5.73 Å². The van der Waals surface area contributed by atoms with Crippen LogP contribution in [-0.4, -0.2) is 14.6 Å². The van der Waals surface area contributed by atoms with Crippen molar-refractivity contribution in [3.05, 3.63) is 22.3 Å². The number of nitrogens with zero attached hydrogens (tertiary/aromatic N) is 3. The summed E-state index contributed by atoms with van der Waals surface area (Å²) in [7, 11) is 0. The van der Waals surface area contributed by atoms with Gasteiger partial charge in [0.2, 0.25) is 5.95 Å². The third-order valence-electron chi connectivity index (χ3n) is 1.63. The number of nitrogen functional groups attached to an aromatic ring is 1. The van der Waals surface area contributed by atoms with E-state index in [1.54, 1.807) is 4.52 Å². The van der Waals surface area contributed by atoms with Crippen LogP contribution in [0.1, 0.15) is 19.4 Å². The maximum atomic E-state index is 5.43. The maximum absolute atomic E-state index is 5.43. The summed E-state index contributed by atoms with van der Waals surface area (Å²) < 4.78 is 2.65. The van der Waals surface area contributed by atoms with Crippen molar-refractivity contribution < 1.29 is 0 Å². The molecule has 2 heterocycles. The van der Waals surface area contributed by atoms with Crippen LogP contribution in [0.15, 0.2) is 16.7 Å². The molecule has 0 spiro atoms. The summed E-state index contributed by atoms with van der Waals surface area (Å²) in [6.07, 6.45) is 1.84. The lowest BCUT2D eigenvalue weighted by Gasteiger charge is -1.96. The van der Waals surface area contributed by atoms with Gasteiger partial charge in [0.05, 0.1) is 0 Å². The zero-order valence-electron chi connectivity index (χ0n) is 8.45. The molecule has 0 aliphatic carbocycles. The van der Waals surface area contributed by atoms with Gasteiger partial charge in [0.25, 0.3) is 0 Å². The van der Waals surface area contributed by atoms with E-state index >= 15 is 0 Å². The Morgan fingerprint density at radius 3 is 2.71 bits per heavy atom. The summed E-state index contributed by atoms with van der Waals surface area (Å²) in [5.41, 5.74) is 7.32. The molecule has 0 aliphatic heterocycles. The summed E-state index contributed by atoms with van der Waals surface area (Å²) in [5, 5.41) is 3.97. The molecule has 0 amide bonds. The Labute approximate surface area is 91.3 Å². The van der Waals surface area contributed by atoms with Gasteiger partial charge in [-0.1, -0.05) is 13.8 Å². The van der Waals surface area contributed by atoms with Gasteiger partial charge in [-0.25, -0.2) is 4.52 Å². The maximum Gasteiger partial charge on any atom is 0.240 e. The molecule has 0 saturated carbocycles. The van der Waals surface area contributed by atoms with E-state index in [-0.39, 0.29) is 0 Å². The van der Waals surface area contributed by atoms with Gasteiger partial charge in [0, 0.05) is 10.7 Å². The Kier molecular flexibility index (Phi) is 3.46. The molecule has 5 heteroatoms. The fourth-order valence-electron chi connectivity index (χ4n) is 1.02. The number of aromatic nitrogens is 3. The van der Waals surface area contributed by atoms with Gasteiger partial charge in [-0.3, -0.25) is 0 Å². The smallest absolute Gasteiger partial charge is 0.240 e. The minimum absolute atomic E-state index is 0.299. The number of fused-ring (bicyclic) bond motifs is 1. The first-order valence-electron chi connectivity index (χ1n) is 4.45. The van der Waals surface area contributed by atoms with Crippen LogP contribution in [0, 0.1) is 6.92 Å². The Morgan fingerprint density at radius 1 is 1.43 bits per heavy atom. The summed E-state index contributed by atoms with van der Waals surface area (Å²) in [4.78, 5) is 4.02. The van der Waals surface area contributed by atoms with E-state index in [1.165, 1.54) is 0 Å².